The smallest absolute Gasteiger partial charge is 0.407 e. The van der Waals surface area contributed by atoms with Crippen molar-refractivity contribution in [3.8, 4) is 22.3 Å². The van der Waals surface area contributed by atoms with Crippen molar-refractivity contribution in [2.75, 3.05) is 13.2 Å². The number of carboxylic acids is 1. The van der Waals surface area contributed by atoms with E-state index >= 15 is 0 Å². The second-order valence-electron chi connectivity index (χ2n) is 10.3. The van der Waals surface area contributed by atoms with Crippen LogP contribution in [-0.2, 0) is 19.1 Å². The molecule has 7 heteroatoms. The van der Waals surface area contributed by atoms with Crippen LogP contribution in [0.15, 0.2) is 97.1 Å². The molecule has 4 aromatic rings. The van der Waals surface area contributed by atoms with Crippen molar-refractivity contribution in [2.24, 2.45) is 0 Å². The summed E-state index contributed by atoms with van der Waals surface area (Å²) in [6, 6.07) is 30.7. The van der Waals surface area contributed by atoms with E-state index in [1.54, 1.807) is 0 Å². The quantitative estimate of drug-likeness (QED) is 0.303. The Labute approximate surface area is 237 Å². The molecule has 0 saturated heterocycles. The molecule has 1 atom stereocenters. The first-order chi connectivity index (χ1) is 20.0. The summed E-state index contributed by atoms with van der Waals surface area (Å²) in [5.41, 5.74) is 8.61. The number of nitrogens with one attached hydrogen (secondary N) is 1. The van der Waals surface area contributed by atoms with Crippen LogP contribution in [0.3, 0.4) is 0 Å². The summed E-state index contributed by atoms with van der Waals surface area (Å²) in [4.78, 5) is 37.2. The van der Waals surface area contributed by atoms with E-state index in [1.807, 2.05) is 97.1 Å². The number of carboxylic acid groups (broad SMARTS) is 1. The number of benzene rings is 4. The highest BCUT2D eigenvalue weighted by Crippen LogP contribution is 2.45. The van der Waals surface area contributed by atoms with Crippen LogP contribution in [0.5, 0.6) is 0 Å². The molecule has 0 fully saturated rings. The Morgan fingerprint density at radius 1 is 0.634 bits per heavy atom. The van der Waals surface area contributed by atoms with Gasteiger partial charge in [0.1, 0.15) is 19.3 Å². The van der Waals surface area contributed by atoms with Gasteiger partial charge in [0.25, 0.3) is 0 Å². The summed E-state index contributed by atoms with van der Waals surface area (Å²) in [6.07, 6.45) is -1.41. The van der Waals surface area contributed by atoms with E-state index in [-0.39, 0.29) is 31.5 Å². The van der Waals surface area contributed by atoms with E-state index < -0.39 is 30.5 Å². The van der Waals surface area contributed by atoms with Crippen molar-refractivity contribution in [2.45, 2.75) is 30.7 Å². The van der Waals surface area contributed by atoms with Gasteiger partial charge in [0, 0.05) is 17.8 Å². The Balaban J connectivity index is 1.12. The average Bonchev–Trinajstić information content (AvgIpc) is 3.49. The summed E-state index contributed by atoms with van der Waals surface area (Å²) in [5, 5.41) is 13.7. The van der Waals surface area contributed by atoms with Crippen LogP contribution in [0.1, 0.15) is 46.9 Å². The molecule has 0 aromatic heterocycles. The van der Waals surface area contributed by atoms with Gasteiger partial charge in [0.05, 0.1) is 0 Å². The lowest BCUT2D eigenvalue weighted by molar-refractivity contribution is -0.305. The number of carbonyl (C=O) groups excluding carboxylic acids is 3. The number of carbonyl (C=O) groups is 3. The Morgan fingerprint density at radius 2 is 1.02 bits per heavy atom. The molecule has 0 unspecified atom stereocenters. The van der Waals surface area contributed by atoms with E-state index in [0.717, 1.165) is 44.5 Å². The van der Waals surface area contributed by atoms with E-state index in [2.05, 4.69) is 5.32 Å². The number of esters is 1. The zero-order chi connectivity index (χ0) is 28.3. The van der Waals surface area contributed by atoms with Gasteiger partial charge in [-0.25, -0.2) is 9.59 Å². The van der Waals surface area contributed by atoms with E-state index in [0.29, 0.717) is 0 Å². The van der Waals surface area contributed by atoms with Crippen LogP contribution < -0.4 is 10.4 Å². The molecule has 1 N–H and O–H groups in total. The summed E-state index contributed by atoms with van der Waals surface area (Å²) >= 11 is 0. The summed E-state index contributed by atoms with van der Waals surface area (Å²) < 4.78 is 11.3. The highest BCUT2D eigenvalue weighted by atomic mass is 16.6. The fraction of sp³-hybridized carbons (Fsp3) is 0.206. The molecule has 1 amide bonds. The van der Waals surface area contributed by atoms with Crippen molar-refractivity contribution in [1.29, 1.82) is 0 Å². The number of fused-ring (bicyclic) bond motifs is 6. The van der Waals surface area contributed by atoms with Crippen molar-refractivity contribution in [3.05, 3.63) is 119 Å². The summed E-state index contributed by atoms with van der Waals surface area (Å²) in [7, 11) is 0. The molecule has 206 valence electrons. The van der Waals surface area contributed by atoms with Gasteiger partial charge in [-0.2, -0.15) is 0 Å². The first kappa shape index (κ1) is 26.3. The Kier molecular flexibility index (Phi) is 7.25. The van der Waals surface area contributed by atoms with Gasteiger partial charge in [0.2, 0.25) is 0 Å². The van der Waals surface area contributed by atoms with Gasteiger partial charge in [-0.1, -0.05) is 97.1 Å². The third kappa shape index (κ3) is 5.18. The van der Waals surface area contributed by atoms with Gasteiger partial charge in [-0.3, -0.25) is 0 Å². The summed E-state index contributed by atoms with van der Waals surface area (Å²) in [6.45, 7) is 0.124. The SMILES string of the molecule is O=C([O-])CC[C@@H](NC(=O)OCC1c2ccccc2-c2ccccc21)C(=O)OCC1c2ccccc2-c2ccccc21. The monoisotopic (exact) mass is 546 g/mol. The van der Waals surface area contributed by atoms with Crippen LogP contribution in [0.25, 0.3) is 22.3 Å². The lowest BCUT2D eigenvalue weighted by Gasteiger charge is -2.21. The first-order valence-corrected chi connectivity index (χ1v) is 13.7. The maximum absolute atomic E-state index is 13.2. The van der Waals surface area contributed by atoms with Crippen LogP contribution in [-0.4, -0.2) is 37.3 Å². The van der Waals surface area contributed by atoms with Crippen molar-refractivity contribution in [3.63, 3.8) is 0 Å². The molecule has 0 spiro atoms. The lowest BCUT2D eigenvalue weighted by Crippen LogP contribution is -2.43. The molecule has 4 aromatic carbocycles. The third-order valence-electron chi connectivity index (χ3n) is 7.91. The molecule has 0 saturated carbocycles. The molecule has 41 heavy (non-hydrogen) atoms. The normalized spacial score (nSPS) is 13.9. The van der Waals surface area contributed by atoms with E-state index in [9.17, 15) is 19.5 Å². The van der Waals surface area contributed by atoms with E-state index in [4.69, 9.17) is 9.47 Å². The van der Waals surface area contributed by atoms with E-state index in [1.165, 1.54) is 0 Å². The number of alkyl carbamates (subject to hydrolysis) is 1. The van der Waals surface area contributed by atoms with Crippen LogP contribution >= 0.6 is 0 Å². The minimum absolute atomic E-state index is 0.0566. The number of hydrogen-bond donors (Lipinski definition) is 1. The topological polar surface area (TPSA) is 105 Å². The predicted molar refractivity (Wildman–Crippen MR) is 151 cm³/mol. The lowest BCUT2D eigenvalue weighted by atomic mass is 9.98. The van der Waals surface area contributed by atoms with Crippen molar-refractivity contribution < 1.29 is 29.0 Å². The van der Waals surface area contributed by atoms with Crippen LogP contribution in [0.2, 0.25) is 0 Å². The van der Waals surface area contributed by atoms with Crippen molar-refractivity contribution >= 4 is 18.0 Å². The van der Waals surface area contributed by atoms with Gasteiger partial charge >= 0.3 is 12.1 Å². The Bertz CT molecular complexity index is 1540. The molecular weight excluding hydrogens is 518 g/mol. The molecular formula is C34H28NO6-. The van der Waals surface area contributed by atoms with Gasteiger partial charge < -0.3 is 24.7 Å². The Morgan fingerprint density at radius 3 is 1.44 bits per heavy atom. The van der Waals surface area contributed by atoms with Gasteiger partial charge in [-0.05, 0) is 57.3 Å². The predicted octanol–water partition coefficient (Wildman–Crippen LogP) is 4.78. The maximum Gasteiger partial charge on any atom is 0.407 e. The Hall–Kier alpha value is -4.91. The molecule has 0 bridgehead atoms. The molecule has 0 heterocycles. The number of amides is 1. The highest BCUT2D eigenvalue weighted by Gasteiger charge is 2.32. The highest BCUT2D eigenvalue weighted by molar-refractivity contribution is 5.83. The third-order valence-corrected chi connectivity index (χ3v) is 7.91. The zero-order valence-corrected chi connectivity index (χ0v) is 22.2. The van der Waals surface area contributed by atoms with Crippen LogP contribution in [0.4, 0.5) is 4.79 Å². The van der Waals surface area contributed by atoms with Gasteiger partial charge in [0.15, 0.2) is 0 Å². The number of hydrogen-bond acceptors (Lipinski definition) is 6. The standard InChI is InChI=1S/C34H29NO6/c36-32(37)18-17-31(33(38)40-19-29-25-13-5-1-9-21(25)22-10-2-6-14-26(22)29)35-34(39)41-20-30-27-15-7-3-11-23(27)24-12-4-8-16-28(24)30/h1-16,29-31H,17-20H2,(H,35,39)(H,36,37)/p-1/t31-/m1/s1. The number of aliphatic carboxylic acids is 1. The minimum atomic E-state index is -1.32. The first-order valence-electron chi connectivity index (χ1n) is 13.7. The fourth-order valence-electron chi connectivity index (χ4n) is 6.00. The molecule has 2 aliphatic carbocycles. The summed E-state index contributed by atoms with van der Waals surface area (Å²) in [5.74, 6) is -2.36. The number of rotatable bonds is 9. The largest absolute Gasteiger partial charge is 0.550 e. The zero-order valence-electron chi connectivity index (χ0n) is 22.2. The molecule has 0 aliphatic heterocycles. The van der Waals surface area contributed by atoms with Crippen molar-refractivity contribution in [1.82, 2.24) is 5.32 Å². The molecule has 0 radical (unpaired) electrons. The second kappa shape index (κ2) is 11.3. The minimum Gasteiger partial charge on any atom is -0.550 e. The molecule has 2 aliphatic rings. The maximum atomic E-state index is 13.2. The second-order valence-corrected chi connectivity index (χ2v) is 10.3. The van der Waals surface area contributed by atoms with Gasteiger partial charge in [-0.15, -0.1) is 0 Å². The number of ether oxygens (including phenoxy) is 2. The molecule has 6 rings (SSSR count). The average molecular weight is 547 g/mol. The fourth-order valence-corrected chi connectivity index (χ4v) is 6.00. The van der Waals surface area contributed by atoms with Crippen LogP contribution in [0, 0.1) is 0 Å². The molecule has 7 nitrogen and oxygen atoms in total.